The number of nitrogens with two attached hydrogens (primary N) is 1. The van der Waals surface area contributed by atoms with Crippen molar-refractivity contribution in [3.63, 3.8) is 0 Å². The van der Waals surface area contributed by atoms with Crippen molar-refractivity contribution < 1.29 is 17.2 Å². The zero-order valence-electron chi connectivity index (χ0n) is 11.4. The number of hydrogen-bond donors (Lipinski definition) is 2. The molecule has 0 atom stereocenters. The predicted octanol–water partition coefficient (Wildman–Crippen LogP) is 2.96. The Kier molecular flexibility index (Phi) is 3.87. The number of sulfonamides is 1. The molecule has 0 bridgehead atoms. The van der Waals surface area contributed by atoms with Gasteiger partial charge >= 0.3 is 0 Å². The Balaban J connectivity index is 2.51. The van der Waals surface area contributed by atoms with E-state index >= 15 is 0 Å². The van der Waals surface area contributed by atoms with Gasteiger partial charge < -0.3 is 5.73 Å². The van der Waals surface area contributed by atoms with Crippen LogP contribution >= 0.6 is 0 Å². The van der Waals surface area contributed by atoms with Crippen molar-refractivity contribution >= 4 is 21.4 Å². The van der Waals surface area contributed by atoms with Gasteiger partial charge in [-0.25, -0.2) is 17.2 Å². The third-order valence-corrected chi connectivity index (χ3v) is 4.53. The van der Waals surface area contributed by atoms with E-state index in [2.05, 4.69) is 4.72 Å². The van der Waals surface area contributed by atoms with E-state index in [1.54, 1.807) is 13.0 Å². The maximum absolute atomic E-state index is 13.7. The normalized spacial score (nSPS) is 11.4. The molecule has 0 heterocycles. The second-order valence-electron chi connectivity index (χ2n) is 4.68. The first kappa shape index (κ1) is 15.2. The lowest BCUT2D eigenvalue weighted by atomic mass is 10.2. The van der Waals surface area contributed by atoms with Crippen LogP contribution in [0.15, 0.2) is 35.2 Å². The van der Waals surface area contributed by atoms with Gasteiger partial charge in [0.05, 0.1) is 16.3 Å². The monoisotopic (exact) mass is 312 g/mol. The van der Waals surface area contributed by atoms with E-state index in [4.69, 9.17) is 5.73 Å². The van der Waals surface area contributed by atoms with E-state index in [-0.39, 0.29) is 21.8 Å². The molecule has 0 unspecified atom stereocenters. The van der Waals surface area contributed by atoms with Gasteiger partial charge in [0.2, 0.25) is 0 Å². The van der Waals surface area contributed by atoms with Gasteiger partial charge in [-0.1, -0.05) is 12.1 Å². The van der Waals surface area contributed by atoms with Gasteiger partial charge in [0.25, 0.3) is 10.0 Å². The molecule has 7 heteroatoms. The van der Waals surface area contributed by atoms with Gasteiger partial charge in [-0.05, 0) is 43.2 Å². The summed E-state index contributed by atoms with van der Waals surface area (Å²) in [6.45, 7) is 3.01. The van der Waals surface area contributed by atoms with Crippen LogP contribution in [0.3, 0.4) is 0 Å². The number of anilines is 2. The van der Waals surface area contributed by atoms with Crippen LogP contribution in [-0.4, -0.2) is 8.42 Å². The topological polar surface area (TPSA) is 72.2 Å². The highest BCUT2D eigenvalue weighted by atomic mass is 32.2. The molecule has 0 aliphatic heterocycles. The van der Waals surface area contributed by atoms with Crippen LogP contribution in [-0.2, 0) is 10.0 Å². The summed E-state index contributed by atoms with van der Waals surface area (Å²) >= 11 is 0. The van der Waals surface area contributed by atoms with Crippen molar-refractivity contribution in [3.8, 4) is 0 Å². The van der Waals surface area contributed by atoms with Crippen LogP contribution < -0.4 is 10.5 Å². The lowest BCUT2D eigenvalue weighted by Crippen LogP contribution is -2.16. The van der Waals surface area contributed by atoms with E-state index < -0.39 is 21.7 Å². The first-order valence-corrected chi connectivity index (χ1v) is 7.54. The fourth-order valence-electron chi connectivity index (χ4n) is 1.91. The molecular weight excluding hydrogens is 298 g/mol. The molecule has 112 valence electrons. The van der Waals surface area contributed by atoms with Gasteiger partial charge in [0.1, 0.15) is 11.6 Å². The standard InChI is InChI=1S/C14H14F2N2O2S/c1-8-4-3-5-10(15)14(8)18-21(19,20)13-7-12(17)11(16)6-9(13)2/h3-7,18H,17H2,1-2H3. The summed E-state index contributed by atoms with van der Waals surface area (Å²) in [5, 5.41) is 0. The maximum atomic E-state index is 13.7. The Morgan fingerprint density at radius 1 is 1.05 bits per heavy atom. The summed E-state index contributed by atoms with van der Waals surface area (Å²) in [7, 11) is -4.06. The van der Waals surface area contributed by atoms with Crippen LogP contribution in [0.25, 0.3) is 0 Å². The quantitative estimate of drug-likeness (QED) is 0.856. The zero-order chi connectivity index (χ0) is 15.8. The van der Waals surface area contributed by atoms with Crippen LogP contribution in [0, 0.1) is 25.5 Å². The lowest BCUT2D eigenvalue weighted by Gasteiger charge is -2.13. The average Bonchev–Trinajstić information content (AvgIpc) is 2.38. The molecule has 0 saturated heterocycles. The SMILES string of the molecule is Cc1cc(F)c(N)cc1S(=O)(=O)Nc1c(C)cccc1F. The molecule has 0 aliphatic carbocycles. The minimum atomic E-state index is -4.06. The summed E-state index contributed by atoms with van der Waals surface area (Å²) in [5.74, 6) is -1.39. The fraction of sp³-hybridized carbons (Fsp3) is 0.143. The maximum Gasteiger partial charge on any atom is 0.262 e. The third-order valence-electron chi connectivity index (χ3n) is 3.04. The second-order valence-corrected chi connectivity index (χ2v) is 6.33. The first-order valence-electron chi connectivity index (χ1n) is 6.06. The van der Waals surface area contributed by atoms with Crippen LogP contribution in [0.5, 0.6) is 0 Å². The Morgan fingerprint density at radius 2 is 1.71 bits per heavy atom. The van der Waals surface area contributed by atoms with Crippen molar-refractivity contribution in [2.45, 2.75) is 18.7 Å². The summed E-state index contributed by atoms with van der Waals surface area (Å²) in [6, 6.07) is 6.24. The molecule has 0 saturated carbocycles. The first-order chi connectivity index (χ1) is 9.72. The molecule has 0 spiro atoms. The van der Waals surface area contributed by atoms with Crippen molar-refractivity contribution in [1.82, 2.24) is 0 Å². The highest BCUT2D eigenvalue weighted by Gasteiger charge is 2.21. The summed E-state index contributed by atoms with van der Waals surface area (Å²) in [4.78, 5) is -0.191. The zero-order valence-corrected chi connectivity index (χ0v) is 12.3. The van der Waals surface area contributed by atoms with E-state index in [9.17, 15) is 17.2 Å². The number of benzene rings is 2. The molecule has 2 aromatic rings. The lowest BCUT2D eigenvalue weighted by molar-refractivity contribution is 0.596. The number of para-hydroxylation sites is 1. The van der Waals surface area contributed by atoms with E-state index in [0.717, 1.165) is 18.2 Å². The van der Waals surface area contributed by atoms with Gasteiger partial charge in [0, 0.05) is 0 Å². The molecule has 3 N–H and O–H groups in total. The van der Waals surface area contributed by atoms with Crippen LogP contribution in [0.2, 0.25) is 0 Å². The van der Waals surface area contributed by atoms with Crippen molar-refractivity contribution in [2.24, 2.45) is 0 Å². The van der Waals surface area contributed by atoms with E-state index in [1.165, 1.54) is 13.0 Å². The molecule has 2 rings (SSSR count). The molecule has 4 nitrogen and oxygen atoms in total. The molecule has 21 heavy (non-hydrogen) atoms. The molecule has 0 fully saturated rings. The Morgan fingerprint density at radius 3 is 2.33 bits per heavy atom. The number of nitrogen functional groups attached to an aromatic ring is 1. The number of nitrogens with one attached hydrogen (secondary N) is 1. The minimum Gasteiger partial charge on any atom is -0.396 e. The van der Waals surface area contributed by atoms with Crippen molar-refractivity contribution in [3.05, 3.63) is 53.1 Å². The average molecular weight is 312 g/mol. The molecule has 0 aromatic heterocycles. The number of hydrogen-bond acceptors (Lipinski definition) is 3. The largest absolute Gasteiger partial charge is 0.396 e. The third kappa shape index (κ3) is 2.97. The van der Waals surface area contributed by atoms with Crippen LogP contribution in [0.4, 0.5) is 20.2 Å². The molecule has 0 amide bonds. The highest BCUT2D eigenvalue weighted by Crippen LogP contribution is 2.26. The minimum absolute atomic E-state index is 0.139. The number of halogens is 2. The molecule has 0 radical (unpaired) electrons. The number of rotatable bonds is 3. The Bertz CT molecular complexity index is 785. The predicted molar refractivity (Wildman–Crippen MR) is 77.5 cm³/mol. The van der Waals surface area contributed by atoms with Gasteiger partial charge in [-0.2, -0.15) is 0 Å². The summed E-state index contributed by atoms with van der Waals surface area (Å²) < 4.78 is 53.9. The number of aryl methyl sites for hydroxylation is 2. The Labute approximate surface area is 121 Å². The van der Waals surface area contributed by atoms with Crippen molar-refractivity contribution in [2.75, 3.05) is 10.5 Å². The molecular formula is C14H14F2N2O2S. The van der Waals surface area contributed by atoms with Crippen molar-refractivity contribution in [1.29, 1.82) is 0 Å². The summed E-state index contributed by atoms with van der Waals surface area (Å²) in [5.41, 5.74) is 5.59. The van der Waals surface area contributed by atoms with E-state index in [0.29, 0.717) is 5.56 Å². The second kappa shape index (κ2) is 5.33. The van der Waals surface area contributed by atoms with Gasteiger partial charge in [-0.15, -0.1) is 0 Å². The van der Waals surface area contributed by atoms with E-state index in [1.807, 2.05) is 0 Å². The Hall–Kier alpha value is -2.15. The van der Waals surface area contributed by atoms with Gasteiger partial charge in [0.15, 0.2) is 0 Å². The molecule has 2 aromatic carbocycles. The van der Waals surface area contributed by atoms with Crippen LogP contribution in [0.1, 0.15) is 11.1 Å². The highest BCUT2D eigenvalue weighted by molar-refractivity contribution is 7.92. The van der Waals surface area contributed by atoms with Gasteiger partial charge in [-0.3, -0.25) is 4.72 Å². The summed E-state index contributed by atoms with van der Waals surface area (Å²) in [6.07, 6.45) is 0. The smallest absolute Gasteiger partial charge is 0.262 e. The molecule has 0 aliphatic rings. The fourth-order valence-corrected chi connectivity index (χ4v) is 3.31.